The second-order valence-electron chi connectivity index (χ2n) is 15.4. The maximum absolute atomic E-state index is 6.49. The average Bonchev–Trinajstić information content (AvgIpc) is 3.64. The molecule has 0 amide bonds. The van der Waals surface area contributed by atoms with Gasteiger partial charge in [0.05, 0.1) is 16.3 Å². The molecule has 0 saturated heterocycles. The van der Waals surface area contributed by atoms with Gasteiger partial charge in [-0.1, -0.05) is 103 Å². The Morgan fingerprint density at radius 3 is 1.76 bits per heavy atom. The molecule has 288 valence electrons. The van der Waals surface area contributed by atoms with E-state index in [4.69, 9.17) is 33.8 Å². The lowest BCUT2D eigenvalue weighted by Crippen LogP contribution is -2.10. The number of oxazole rings is 2. The lowest BCUT2D eigenvalue weighted by molar-refractivity contribution is 0.619. The smallest absolute Gasteiger partial charge is 0.227 e. The molecule has 0 aliphatic heterocycles. The highest BCUT2D eigenvalue weighted by Gasteiger charge is 2.20. The first-order valence-electron chi connectivity index (χ1n) is 20.4. The van der Waals surface area contributed by atoms with Crippen LogP contribution in [0, 0.1) is 0 Å². The molecular weight excluding hydrogens is 765 g/mol. The number of nitrogens with zero attached hydrogens (tertiary/aromatic N) is 6. The number of hydrogen-bond donors (Lipinski definition) is 0. The van der Waals surface area contributed by atoms with Gasteiger partial charge >= 0.3 is 0 Å². The number of rotatable bonds is 7. The van der Waals surface area contributed by atoms with Crippen molar-refractivity contribution >= 4 is 49.7 Å². The van der Waals surface area contributed by atoms with Crippen molar-refractivity contribution < 1.29 is 8.83 Å². The molecule has 4 heterocycles. The van der Waals surface area contributed by atoms with Crippen LogP contribution < -0.4 is 10.4 Å². The van der Waals surface area contributed by atoms with Gasteiger partial charge in [0.25, 0.3) is 0 Å². The molecule has 0 bridgehead atoms. The largest absolute Gasteiger partial charge is 0.436 e. The van der Waals surface area contributed by atoms with E-state index in [1.807, 2.05) is 121 Å². The summed E-state index contributed by atoms with van der Waals surface area (Å²) in [5.74, 6) is 2.91. The summed E-state index contributed by atoms with van der Waals surface area (Å²) in [4.78, 5) is 24.5. The summed E-state index contributed by atoms with van der Waals surface area (Å²) in [6, 6.07) is 61.5. The van der Waals surface area contributed by atoms with Crippen LogP contribution in [0.1, 0.15) is 0 Å². The molecule has 8 heteroatoms. The van der Waals surface area contributed by atoms with Crippen molar-refractivity contribution in [3.8, 4) is 73.9 Å². The van der Waals surface area contributed by atoms with Gasteiger partial charge in [-0.3, -0.25) is 0 Å². The normalized spacial score (nSPS) is 11.9. The van der Waals surface area contributed by atoms with Gasteiger partial charge in [0.2, 0.25) is 11.8 Å². The van der Waals surface area contributed by atoms with Gasteiger partial charge in [-0.2, -0.15) is 0 Å². The topological polar surface area (TPSA) is 95.7 Å². The summed E-state index contributed by atoms with van der Waals surface area (Å²) in [7, 11) is 0. The third-order valence-corrected chi connectivity index (χ3v) is 11.6. The molecule has 4 aromatic heterocycles. The Labute approximate surface area is 353 Å². The van der Waals surface area contributed by atoms with Crippen molar-refractivity contribution in [2.24, 2.45) is 0 Å². The molecule has 0 unspecified atom stereocenters. The molecule has 13 rings (SSSR count). The highest BCUT2D eigenvalue weighted by atomic mass is 16.4. The fourth-order valence-corrected chi connectivity index (χ4v) is 8.48. The van der Waals surface area contributed by atoms with Gasteiger partial charge in [0.1, 0.15) is 11.0 Å². The third-order valence-electron chi connectivity index (χ3n) is 11.6. The highest BCUT2D eigenvalue weighted by Crippen LogP contribution is 2.37. The molecule has 8 nitrogen and oxygen atoms in total. The third kappa shape index (κ3) is 5.67. The maximum Gasteiger partial charge on any atom is 0.227 e. The van der Waals surface area contributed by atoms with Crippen LogP contribution in [-0.4, -0.2) is 29.5 Å². The molecule has 0 N–H and O–H groups in total. The number of fused-ring (bicyclic) bond motifs is 7. The van der Waals surface area contributed by atoms with E-state index in [1.165, 1.54) is 5.39 Å². The van der Waals surface area contributed by atoms with Crippen LogP contribution in [-0.2, 0) is 0 Å². The van der Waals surface area contributed by atoms with E-state index in [1.54, 1.807) is 0 Å². The summed E-state index contributed by atoms with van der Waals surface area (Å²) in [5, 5.41) is 4.63. The SMILES string of the molecule is C1=c2ccc3c4cc(-c5cccc(-c6nc7ccc(-c8nc(-c9ccccc9)nc(-c9ccccc9)n8)cc7o6)c5)ccc4n(-c4ccc5oc(-c6ccccc6)nc5c4)c3c2=1. The Balaban J connectivity index is 0.866. The average molecular weight is 795 g/mol. The minimum atomic E-state index is 0.537. The molecular formula is C54H30N6O2. The van der Waals surface area contributed by atoms with Gasteiger partial charge < -0.3 is 13.4 Å². The second-order valence-corrected chi connectivity index (χ2v) is 15.4. The molecule has 0 saturated carbocycles. The first kappa shape index (κ1) is 34.2. The van der Waals surface area contributed by atoms with Gasteiger partial charge in [-0.15, -0.1) is 5.73 Å². The monoisotopic (exact) mass is 794 g/mol. The van der Waals surface area contributed by atoms with Crippen molar-refractivity contribution in [2.75, 3.05) is 0 Å². The lowest BCUT2D eigenvalue weighted by Gasteiger charge is -2.08. The zero-order chi connectivity index (χ0) is 40.7. The van der Waals surface area contributed by atoms with E-state index in [0.29, 0.717) is 34.8 Å². The van der Waals surface area contributed by atoms with E-state index in [9.17, 15) is 0 Å². The van der Waals surface area contributed by atoms with E-state index in [0.717, 1.165) is 88.1 Å². The van der Waals surface area contributed by atoms with Gasteiger partial charge in [-0.05, 0) is 90.0 Å². The van der Waals surface area contributed by atoms with Gasteiger partial charge in [-0.25, -0.2) is 24.9 Å². The Hall–Kier alpha value is -8.71. The molecule has 0 atom stereocenters. The predicted molar refractivity (Wildman–Crippen MR) is 244 cm³/mol. The minimum Gasteiger partial charge on any atom is -0.436 e. The van der Waals surface area contributed by atoms with Gasteiger partial charge in [0, 0.05) is 49.5 Å². The molecule has 62 heavy (non-hydrogen) atoms. The van der Waals surface area contributed by atoms with E-state index in [2.05, 4.69) is 71.0 Å². The summed E-state index contributed by atoms with van der Waals surface area (Å²) >= 11 is 0. The molecule has 1 aliphatic rings. The lowest BCUT2D eigenvalue weighted by atomic mass is 10.0. The Bertz CT molecular complexity index is 3850. The van der Waals surface area contributed by atoms with Crippen molar-refractivity contribution in [1.29, 1.82) is 0 Å². The van der Waals surface area contributed by atoms with Crippen LogP contribution in [0.15, 0.2) is 191 Å². The van der Waals surface area contributed by atoms with Crippen LogP contribution in [0.2, 0.25) is 0 Å². The summed E-state index contributed by atoms with van der Waals surface area (Å²) in [6.45, 7) is 0. The standard InChI is InChI=1S/C54H30N6O2/c1-4-11-32(12-5-1)50-57-51(33-13-6-2-7-14-33)59-52(58-50)38-20-24-44-48(30-38)62-54(55-44)39-18-10-17-35(27-39)36-21-25-46-43(28-36)41-23-19-37-29-42(37)49(41)60(46)40-22-26-47-45(31-40)56-53(61-47)34-15-8-3-9-16-34/h1-28,30-31H. The quantitative estimate of drug-likeness (QED) is 0.158. The van der Waals surface area contributed by atoms with Crippen molar-refractivity contribution in [1.82, 2.24) is 29.5 Å². The molecule has 0 fully saturated rings. The molecule has 0 radical (unpaired) electrons. The van der Waals surface area contributed by atoms with E-state index >= 15 is 0 Å². The maximum atomic E-state index is 6.49. The summed E-state index contributed by atoms with van der Waals surface area (Å²) in [5.41, 5.74) is 16.3. The van der Waals surface area contributed by atoms with Crippen LogP contribution >= 0.6 is 0 Å². The zero-order valence-corrected chi connectivity index (χ0v) is 32.8. The van der Waals surface area contributed by atoms with Crippen molar-refractivity contribution in [2.45, 2.75) is 0 Å². The zero-order valence-electron chi connectivity index (χ0n) is 32.8. The summed E-state index contributed by atoms with van der Waals surface area (Å²) in [6.07, 6.45) is 0. The highest BCUT2D eigenvalue weighted by molar-refractivity contribution is 6.11. The van der Waals surface area contributed by atoms with E-state index < -0.39 is 0 Å². The van der Waals surface area contributed by atoms with Crippen LogP contribution in [0.3, 0.4) is 0 Å². The minimum absolute atomic E-state index is 0.537. The summed E-state index contributed by atoms with van der Waals surface area (Å²) < 4.78 is 15.0. The van der Waals surface area contributed by atoms with Crippen molar-refractivity contribution in [3.63, 3.8) is 0 Å². The fourth-order valence-electron chi connectivity index (χ4n) is 8.48. The molecule has 1 aliphatic carbocycles. The fraction of sp³-hybridized carbons (Fsp3) is 0. The number of aromatic nitrogens is 6. The Kier molecular flexibility index (Phi) is 7.39. The van der Waals surface area contributed by atoms with Crippen LogP contribution in [0.5, 0.6) is 0 Å². The predicted octanol–water partition coefficient (Wildman–Crippen LogP) is 11.3. The second kappa shape index (κ2) is 13.4. The van der Waals surface area contributed by atoms with Crippen LogP contribution in [0.4, 0.5) is 0 Å². The molecule has 0 spiro atoms. The van der Waals surface area contributed by atoms with Crippen molar-refractivity contribution in [3.05, 3.63) is 192 Å². The first-order chi connectivity index (χ1) is 30.7. The van der Waals surface area contributed by atoms with Gasteiger partial charge in [0.15, 0.2) is 28.6 Å². The molecule has 12 aromatic rings. The molecule has 8 aromatic carbocycles. The Morgan fingerprint density at radius 1 is 0.387 bits per heavy atom. The number of benzene rings is 8. The Morgan fingerprint density at radius 2 is 1.00 bits per heavy atom. The van der Waals surface area contributed by atoms with E-state index in [-0.39, 0.29) is 0 Å². The van der Waals surface area contributed by atoms with Crippen LogP contribution in [0.25, 0.3) is 124 Å². The number of hydrogen-bond acceptors (Lipinski definition) is 7. The first-order valence-corrected chi connectivity index (χ1v) is 20.4.